The summed E-state index contributed by atoms with van der Waals surface area (Å²) in [5, 5.41) is 11.6. The fraction of sp³-hybridized carbons (Fsp3) is 0.242. The zero-order valence-corrected chi connectivity index (χ0v) is 24.7. The van der Waals surface area contributed by atoms with Crippen LogP contribution in [0.15, 0.2) is 77.3 Å². The first-order valence-corrected chi connectivity index (χ1v) is 15.0. The molecule has 4 aromatic rings. The minimum absolute atomic E-state index is 0.0568. The second-order valence-corrected chi connectivity index (χ2v) is 12.4. The van der Waals surface area contributed by atoms with Crippen molar-refractivity contribution in [3.63, 3.8) is 0 Å². The summed E-state index contributed by atoms with van der Waals surface area (Å²) >= 11 is 3.42. The molecule has 2 amide bonds. The monoisotopic (exact) mass is 653 g/mol. The van der Waals surface area contributed by atoms with Gasteiger partial charge in [0.1, 0.15) is 0 Å². The van der Waals surface area contributed by atoms with Crippen LogP contribution in [0.5, 0.6) is 0 Å². The third-order valence-corrected chi connectivity index (χ3v) is 9.55. The number of ketones is 1. The van der Waals surface area contributed by atoms with Crippen molar-refractivity contribution in [2.24, 2.45) is 23.7 Å². The van der Waals surface area contributed by atoms with Gasteiger partial charge >= 0.3 is 5.97 Å². The molecule has 3 aromatic carbocycles. The molecule has 3 aliphatic rings. The summed E-state index contributed by atoms with van der Waals surface area (Å²) in [6.07, 6.45) is 2.99. The number of hydrogen-bond acceptors (Lipinski definition) is 8. The van der Waals surface area contributed by atoms with Gasteiger partial charge in [-0.3, -0.25) is 29.4 Å². The van der Waals surface area contributed by atoms with Crippen molar-refractivity contribution < 1.29 is 28.8 Å². The highest BCUT2D eigenvalue weighted by Gasteiger charge is 2.61. The number of hydrogen-bond donors (Lipinski definition) is 0. The first-order valence-electron chi connectivity index (χ1n) is 14.2. The lowest BCUT2D eigenvalue weighted by molar-refractivity contribution is -0.384. The first kappa shape index (κ1) is 28.0. The fourth-order valence-electron chi connectivity index (χ4n) is 7.04. The molecule has 2 heterocycles. The van der Waals surface area contributed by atoms with Gasteiger partial charge in [0.2, 0.25) is 17.6 Å². The molecule has 11 heteroatoms. The van der Waals surface area contributed by atoms with E-state index in [1.807, 2.05) is 0 Å². The quantitative estimate of drug-likeness (QED) is 0.0762. The van der Waals surface area contributed by atoms with Crippen LogP contribution in [0.3, 0.4) is 0 Å². The van der Waals surface area contributed by atoms with Gasteiger partial charge in [-0.1, -0.05) is 40.2 Å². The number of nitrogens with zero attached hydrogens (tertiary/aromatic N) is 3. The maximum Gasteiger partial charge on any atom is 0.339 e. The zero-order chi connectivity index (χ0) is 30.7. The molecule has 4 atom stereocenters. The summed E-state index contributed by atoms with van der Waals surface area (Å²) < 4.78 is 6.08. The number of Topliss-reactive ketones (excluding diaryl/α,β-unsaturated/α-hetero) is 1. The normalized spacial score (nSPS) is 22.0. The summed E-state index contributed by atoms with van der Waals surface area (Å²) in [4.78, 5) is 69.0. The molecule has 0 spiro atoms. The van der Waals surface area contributed by atoms with Gasteiger partial charge in [0.25, 0.3) is 5.69 Å². The van der Waals surface area contributed by atoms with Crippen LogP contribution in [0.25, 0.3) is 22.2 Å². The molecule has 1 saturated heterocycles. The summed E-state index contributed by atoms with van der Waals surface area (Å²) in [7, 11) is 0. The van der Waals surface area contributed by atoms with Crippen molar-refractivity contribution >= 4 is 61.8 Å². The van der Waals surface area contributed by atoms with Crippen molar-refractivity contribution in [2.75, 3.05) is 11.5 Å². The minimum Gasteiger partial charge on any atom is -0.454 e. The van der Waals surface area contributed by atoms with Gasteiger partial charge < -0.3 is 4.74 Å². The highest BCUT2D eigenvalue weighted by atomic mass is 79.9. The maximum absolute atomic E-state index is 13.3. The van der Waals surface area contributed by atoms with E-state index in [0.29, 0.717) is 44.2 Å². The molecule has 220 valence electrons. The van der Waals surface area contributed by atoms with E-state index in [0.717, 1.165) is 25.3 Å². The highest BCUT2D eigenvalue weighted by Crippen LogP contribution is 2.56. The molecular weight excluding hydrogens is 630 g/mol. The number of carbonyl (C=O) groups is 4. The Morgan fingerprint density at radius 1 is 0.955 bits per heavy atom. The minimum atomic E-state index is -0.762. The number of fused-ring (bicyclic) bond motifs is 6. The molecule has 2 saturated carbocycles. The number of nitro groups is 1. The number of amides is 2. The van der Waals surface area contributed by atoms with Gasteiger partial charge in [0.15, 0.2) is 6.61 Å². The number of carbonyl (C=O) groups excluding carboxylic acids is 4. The Bertz CT molecular complexity index is 1880. The molecule has 0 radical (unpaired) electrons. The Morgan fingerprint density at radius 2 is 1.66 bits per heavy atom. The van der Waals surface area contributed by atoms with E-state index in [2.05, 4.69) is 15.9 Å². The Morgan fingerprint density at radius 3 is 2.34 bits per heavy atom. The van der Waals surface area contributed by atoms with E-state index in [9.17, 15) is 29.3 Å². The lowest BCUT2D eigenvalue weighted by Crippen LogP contribution is -2.32. The number of non-ortho nitro benzene ring substituents is 1. The molecular formula is C33H24BrN3O7. The second kappa shape index (κ2) is 10.7. The summed E-state index contributed by atoms with van der Waals surface area (Å²) in [5.74, 6) is -1.39. The van der Waals surface area contributed by atoms with Crippen LogP contribution in [-0.2, 0) is 14.3 Å². The molecule has 7 rings (SSSR count). The number of aromatic nitrogens is 1. The average Bonchev–Trinajstić information content (AvgIpc) is 3.72. The van der Waals surface area contributed by atoms with Gasteiger partial charge in [0, 0.05) is 33.1 Å². The topological polar surface area (TPSA) is 137 Å². The highest BCUT2D eigenvalue weighted by molar-refractivity contribution is 9.10. The fourth-order valence-corrected chi connectivity index (χ4v) is 7.41. The lowest BCUT2D eigenvalue weighted by Gasteiger charge is -2.19. The number of esters is 1. The number of anilines is 1. The Hall–Kier alpha value is -4.77. The van der Waals surface area contributed by atoms with Crippen molar-refractivity contribution in [1.82, 2.24) is 4.98 Å². The Kier molecular flexibility index (Phi) is 6.84. The van der Waals surface area contributed by atoms with E-state index in [1.54, 1.807) is 48.5 Å². The van der Waals surface area contributed by atoms with E-state index in [-0.39, 0.29) is 40.5 Å². The molecule has 4 unspecified atom stereocenters. The molecule has 44 heavy (non-hydrogen) atoms. The number of pyridine rings is 1. The largest absolute Gasteiger partial charge is 0.454 e. The van der Waals surface area contributed by atoms with E-state index in [4.69, 9.17) is 9.72 Å². The summed E-state index contributed by atoms with van der Waals surface area (Å²) in [6.45, 7) is -0.608. The van der Waals surface area contributed by atoms with Gasteiger partial charge in [-0.25, -0.2) is 9.78 Å². The van der Waals surface area contributed by atoms with E-state index < -0.39 is 23.3 Å². The van der Waals surface area contributed by atoms with Crippen LogP contribution in [0, 0.1) is 33.8 Å². The lowest BCUT2D eigenvalue weighted by atomic mass is 9.81. The van der Waals surface area contributed by atoms with Crippen molar-refractivity contribution in [2.45, 2.75) is 19.3 Å². The first-order chi connectivity index (χ1) is 21.2. The second-order valence-electron chi connectivity index (χ2n) is 11.5. The van der Waals surface area contributed by atoms with E-state index in [1.165, 1.54) is 23.1 Å². The molecule has 1 aromatic heterocycles. The average molecular weight is 654 g/mol. The summed E-state index contributed by atoms with van der Waals surface area (Å²) in [5.41, 5.74) is 2.13. The molecule has 2 bridgehead atoms. The third kappa shape index (κ3) is 4.68. The standard InChI is InChI=1S/C33H24BrN3O7/c34-21-8-11-26-24(14-21)25(33(41)44-16-28(38)18-2-1-3-23(13-18)37(42)43)15-27(35-26)17-6-9-22(10-7-17)36-31(39)29-19-4-5-20(12-19)30(29)32(36)40/h1-3,6-11,13-15,19-20,29-30H,4-5,12,16H2. The third-order valence-electron chi connectivity index (χ3n) is 9.05. The van der Waals surface area contributed by atoms with Crippen LogP contribution in [-0.4, -0.2) is 40.1 Å². The van der Waals surface area contributed by atoms with Crippen molar-refractivity contribution in [3.8, 4) is 11.3 Å². The smallest absolute Gasteiger partial charge is 0.339 e. The number of imide groups is 1. The predicted octanol–water partition coefficient (Wildman–Crippen LogP) is 6.15. The van der Waals surface area contributed by atoms with Crippen LogP contribution in [0.2, 0.25) is 0 Å². The van der Waals surface area contributed by atoms with Crippen LogP contribution in [0.1, 0.15) is 40.0 Å². The summed E-state index contributed by atoms with van der Waals surface area (Å²) in [6, 6.07) is 19.0. The number of ether oxygens (including phenoxy) is 1. The van der Waals surface area contributed by atoms with Gasteiger partial charge in [-0.15, -0.1) is 0 Å². The number of nitro benzene ring substituents is 1. The SMILES string of the molecule is O=C(COC(=O)c1cc(-c2ccc(N3C(=O)C4C5CCC(C5)C4C3=O)cc2)nc2ccc(Br)cc12)c1cccc([N+](=O)[O-])c1. The van der Waals surface area contributed by atoms with Gasteiger partial charge in [-0.2, -0.15) is 0 Å². The van der Waals surface area contributed by atoms with Crippen LogP contribution < -0.4 is 4.90 Å². The maximum atomic E-state index is 13.3. The van der Waals surface area contributed by atoms with Crippen molar-refractivity contribution in [1.29, 1.82) is 0 Å². The number of rotatable bonds is 7. The van der Waals surface area contributed by atoms with E-state index >= 15 is 0 Å². The van der Waals surface area contributed by atoms with Gasteiger partial charge in [-0.05, 0) is 67.5 Å². The Labute approximate surface area is 259 Å². The predicted molar refractivity (Wildman–Crippen MR) is 163 cm³/mol. The molecule has 1 aliphatic heterocycles. The molecule has 10 nitrogen and oxygen atoms in total. The Balaban J connectivity index is 1.15. The number of halogens is 1. The zero-order valence-electron chi connectivity index (χ0n) is 23.1. The van der Waals surface area contributed by atoms with Crippen LogP contribution in [0.4, 0.5) is 11.4 Å². The van der Waals surface area contributed by atoms with Crippen LogP contribution >= 0.6 is 15.9 Å². The van der Waals surface area contributed by atoms with Crippen molar-refractivity contribution in [3.05, 3.63) is 98.5 Å². The number of benzene rings is 3. The molecule has 2 aliphatic carbocycles. The molecule has 3 fully saturated rings. The van der Waals surface area contributed by atoms with Gasteiger partial charge in [0.05, 0.1) is 39.2 Å². The molecule has 0 N–H and O–H groups in total.